The maximum atomic E-state index is 10.6. The Hall–Kier alpha value is -2.24. The molecule has 0 fully saturated rings. The quantitative estimate of drug-likeness (QED) is 0.739. The lowest BCUT2D eigenvalue weighted by molar-refractivity contribution is 0.0696. The Labute approximate surface area is 78.8 Å². The van der Waals surface area contributed by atoms with E-state index >= 15 is 0 Å². The first kappa shape index (κ1) is 8.36. The van der Waals surface area contributed by atoms with Gasteiger partial charge in [-0.25, -0.2) is 14.5 Å². The van der Waals surface area contributed by atoms with E-state index in [1.54, 1.807) is 6.20 Å². The third kappa shape index (κ3) is 1.45. The van der Waals surface area contributed by atoms with Crippen LogP contribution in [-0.2, 0) is 0 Å². The summed E-state index contributed by atoms with van der Waals surface area (Å²) in [4.78, 5) is 14.6. The van der Waals surface area contributed by atoms with Crippen molar-refractivity contribution in [3.63, 3.8) is 0 Å². The standard InChI is InChI=1S/C8H6N4O2/c13-8(14)6-1-2-9-7(5-6)12-4-3-10-11-12/h1-5H,(H,13,14). The van der Waals surface area contributed by atoms with Gasteiger partial charge in [-0.1, -0.05) is 5.21 Å². The smallest absolute Gasteiger partial charge is 0.335 e. The molecule has 0 saturated heterocycles. The van der Waals surface area contributed by atoms with Crippen LogP contribution in [0.25, 0.3) is 5.82 Å². The van der Waals surface area contributed by atoms with Crippen molar-refractivity contribution in [2.75, 3.05) is 0 Å². The Bertz CT molecular complexity index is 452. The second kappa shape index (κ2) is 3.25. The molecule has 6 nitrogen and oxygen atoms in total. The van der Waals surface area contributed by atoms with Crippen molar-refractivity contribution < 1.29 is 9.90 Å². The van der Waals surface area contributed by atoms with Crippen molar-refractivity contribution in [2.24, 2.45) is 0 Å². The van der Waals surface area contributed by atoms with Crippen LogP contribution in [0.5, 0.6) is 0 Å². The molecule has 2 heterocycles. The third-order valence-corrected chi connectivity index (χ3v) is 1.65. The first-order valence-corrected chi connectivity index (χ1v) is 3.83. The van der Waals surface area contributed by atoms with Gasteiger partial charge in [0, 0.05) is 6.20 Å². The highest BCUT2D eigenvalue weighted by atomic mass is 16.4. The minimum atomic E-state index is -0.992. The molecule has 0 aromatic carbocycles. The zero-order chi connectivity index (χ0) is 9.97. The Morgan fingerprint density at radius 1 is 1.43 bits per heavy atom. The fraction of sp³-hybridized carbons (Fsp3) is 0. The van der Waals surface area contributed by atoms with Gasteiger partial charge in [0.1, 0.15) is 0 Å². The SMILES string of the molecule is O=C(O)c1ccnc(-n2ccnn2)c1. The fourth-order valence-corrected chi connectivity index (χ4v) is 1.01. The molecule has 0 aliphatic carbocycles. The van der Waals surface area contributed by atoms with E-state index in [0.717, 1.165) is 0 Å². The topological polar surface area (TPSA) is 80.9 Å². The number of pyridine rings is 1. The molecule has 0 bridgehead atoms. The minimum Gasteiger partial charge on any atom is -0.478 e. The molecule has 6 heteroatoms. The lowest BCUT2D eigenvalue weighted by Gasteiger charge is -1.99. The van der Waals surface area contributed by atoms with Crippen molar-refractivity contribution in [3.05, 3.63) is 36.3 Å². The fourth-order valence-electron chi connectivity index (χ4n) is 1.01. The highest BCUT2D eigenvalue weighted by Gasteiger charge is 2.05. The van der Waals surface area contributed by atoms with E-state index in [4.69, 9.17) is 5.11 Å². The average Bonchev–Trinajstić information content (AvgIpc) is 2.71. The zero-order valence-electron chi connectivity index (χ0n) is 7.03. The molecule has 0 radical (unpaired) electrons. The predicted molar refractivity (Wildman–Crippen MR) is 46.1 cm³/mol. The Balaban J connectivity index is 2.46. The molecule has 2 aromatic rings. The number of carboxylic acids is 1. The van der Waals surface area contributed by atoms with Crippen LogP contribution in [0.3, 0.4) is 0 Å². The number of carbonyl (C=O) groups is 1. The summed E-state index contributed by atoms with van der Waals surface area (Å²) in [6.45, 7) is 0. The van der Waals surface area contributed by atoms with Crippen molar-refractivity contribution >= 4 is 5.97 Å². The Morgan fingerprint density at radius 3 is 2.93 bits per heavy atom. The maximum absolute atomic E-state index is 10.6. The van der Waals surface area contributed by atoms with E-state index in [9.17, 15) is 4.79 Å². The van der Waals surface area contributed by atoms with Crippen LogP contribution in [0.4, 0.5) is 0 Å². The van der Waals surface area contributed by atoms with E-state index in [1.807, 2.05) is 0 Å². The third-order valence-electron chi connectivity index (χ3n) is 1.65. The molecule has 0 aliphatic rings. The van der Waals surface area contributed by atoms with Gasteiger partial charge in [0.25, 0.3) is 0 Å². The molecular formula is C8H6N4O2. The largest absolute Gasteiger partial charge is 0.478 e. The zero-order valence-corrected chi connectivity index (χ0v) is 7.03. The summed E-state index contributed by atoms with van der Waals surface area (Å²) in [5.41, 5.74) is 0.172. The highest BCUT2D eigenvalue weighted by molar-refractivity contribution is 5.87. The summed E-state index contributed by atoms with van der Waals surface area (Å²) in [6, 6.07) is 2.85. The van der Waals surface area contributed by atoms with Crippen molar-refractivity contribution in [1.29, 1.82) is 0 Å². The number of nitrogens with zero attached hydrogens (tertiary/aromatic N) is 4. The van der Waals surface area contributed by atoms with Gasteiger partial charge in [0.05, 0.1) is 18.0 Å². The minimum absolute atomic E-state index is 0.172. The molecule has 0 saturated carbocycles. The molecule has 0 unspecified atom stereocenters. The molecular weight excluding hydrogens is 184 g/mol. The molecule has 14 heavy (non-hydrogen) atoms. The second-order valence-corrected chi connectivity index (χ2v) is 2.56. The van der Waals surface area contributed by atoms with Crippen LogP contribution in [0, 0.1) is 0 Å². The summed E-state index contributed by atoms with van der Waals surface area (Å²) in [7, 11) is 0. The van der Waals surface area contributed by atoms with Crippen LogP contribution in [0.2, 0.25) is 0 Å². The normalized spacial score (nSPS) is 10.0. The van der Waals surface area contributed by atoms with Gasteiger partial charge in [-0.2, -0.15) is 0 Å². The molecule has 70 valence electrons. The first-order valence-electron chi connectivity index (χ1n) is 3.83. The van der Waals surface area contributed by atoms with Crippen LogP contribution in [0.1, 0.15) is 10.4 Å². The number of aromatic carboxylic acids is 1. The summed E-state index contributed by atoms with van der Waals surface area (Å²) in [6.07, 6.45) is 4.50. The van der Waals surface area contributed by atoms with Crippen molar-refractivity contribution in [1.82, 2.24) is 20.0 Å². The number of aromatic nitrogens is 4. The molecule has 1 N–H and O–H groups in total. The summed E-state index contributed by atoms with van der Waals surface area (Å²) >= 11 is 0. The first-order chi connectivity index (χ1) is 6.77. The van der Waals surface area contributed by atoms with E-state index in [0.29, 0.717) is 5.82 Å². The molecule has 2 aromatic heterocycles. The lowest BCUT2D eigenvalue weighted by Crippen LogP contribution is -2.02. The van der Waals surface area contributed by atoms with Gasteiger partial charge in [-0.3, -0.25) is 0 Å². The van der Waals surface area contributed by atoms with E-state index in [1.165, 1.54) is 29.2 Å². The monoisotopic (exact) mass is 190 g/mol. The van der Waals surface area contributed by atoms with Crippen LogP contribution in [0.15, 0.2) is 30.7 Å². The molecule has 2 rings (SSSR count). The lowest BCUT2D eigenvalue weighted by atomic mass is 10.3. The summed E-state index contributed by atoms with van der Waals surface area (Å²) in [5, 5.41) is 16.0. The molecule has 0 aliphatic heterocycles. The second-order valence-electron chi connectivity index (χ2n) is 2.56. The van der Waals surface area contributed by atoms with E-state index in [2.05, 4.69) is 15.3 Å². The Morgan fingerprint density at radius 2 is 2.29 bits per heavy atom. The van der Waals surface area contributed by atoms with Gasteiger partial charge in [0.2, 0.25) is 0 Å². The molecule has 0 spiro atoms. The van der Waals surface area contributed by atoms with E-state index < -0.39 is 5.97 Å². The van der Waals surface area contributed by atoms with Crippen LogP contribution < -0.4 is 0 Å². The Kier molecular flexibility index (Phi) is 1.94. The maximum Gasteiger partial charge on any atom is 0.335 e. The highest BCUT2D eigenvalue weighted by Crippen LogP contribution is 2.04. The molecule has 0 amide bonds. The number of carboxylic acid groups (broad SMARTS) is 1. The number of hydrogen-bond donors (Lipinski definition) is 1. The predicted octanol–water partition coefficient (Wildman–Crippen LogP) is 0.360. The summed E-state index contributed by atoms with van der Waals surface area (Å²) < 4.78 is 1.40. The van der Waals surface area contributed by atoms with E-state index in [-0.39, 0.29) is 5.56 Å². The van der Waals surface area contributed by atoms with Gasteiger partial charge in [-0.15, -0.1) is 5.10 Å². The summed E-state index contributed by atoms with van der Waals surface area (Å²) in [5.74, 6) is -0.559. The van der Waals surface area contributed by atoms with Gasteiger partial charge < -0.3 is 5.11 Å². The van der Waals surface area contributed by atoms with Crippen LogP contribution >= 0.6 is 0 Å². The van der Waals surface area contributed by atoms with Gasteiger partial charge >= 0.3 is 5.97 Å². The van der Waals surface area contributed by atoms with Gasteiger partial charge in [-0.05, 0) is 12.1 Å². The van der Waals surface area contributed by atoms with Crippen molar-refractivity contribution in [3.8, 4) is 5.82 Å². The van der Waals surface area contributed by atoms with Gasteiger partial charge in [0.15, 0.2) is 5.82 Å². The number of rotatable bonds is 2. The average molecular weight is 190 g/mol. The number of hydrogen-bond acceptors (Lipinski definition) is 4. The van der Waals surface area contributed by atoms with Crippen LogP contribution in [-0.4, -0.2) is 31.1 Å². The molecule has 0 atom stereocenters. The van der Waals surface area contributed by atoms with Crippen molar-refractivity contribution in [2.45, 2.75) is 0 Å².